The van der Waals surface area contributed by atoms with Gasteiger partial charge in [0, 0.05) is 12.6 Å². The Morgan fingerprint density at radius 3 is 2.34 bits per heavy atom. The Labute approximate surface area is 174 Å². The highest BCUT2D eigenvalue weighted by atomic mass is 16.2. The van der Waals surface area contributed by atoms with Crippen LogP contribution in [0, 0.1) is 6.92 Å². The van der Waals surface area contributed by atoms with Crippen LogP contribution < -0.4 is 5.32 Å². The Balaban J connectivity index is 1.75. The van der Waals surface area contributed by atoms with Crippen molar-refractivity contribution in [3.8, 4) is 0 Å². The lowest BCUT2D eigenvalue weighted by Gasteiger charge is -2.31. The number of benzene rings is 2. The number of carbonyl (C=O) groups is 2. The van der Waals surface area contributed by atoms with Gasteiger partial charge in [0.2, 0.25) is 11.8 Å². The van der Waals surface area contributed by atoms with Crippen molar-refractivity contribution in [1.29, 1.82) is 0 Å². The van der Waals surface area contributed by atoms with Gasteiger partial charge in [-0.05, 0) is 43.4 Å². The first kappa shape index (κ1) is 21.1. The fourth-order valence-corrected chi connectivity index (χ4v) is 4.00. The first-order valence-corrected chi connectivity index (χ1v) is 10.7. The third-order valence-electron chi connectivity index (χ3n) is 5.92. The Hall–Kier alpha value is -2.62. The number of carbonyl (C=O) groups excluding carboxylic acids is 2. The molecule has 1 unspecified atom stereocenters. The quantitative estimate of drug-likeness (QED) is 0.759. The van der Waals surface area contributed by atoms with Crippen LogP contribution in [0.2, 0.25) is 0 Å². The van der Waals surface area contributed by atoms with E-state index in [4.69, 9.17) is 0 Å². The Bertz CT molecular complexity index is 813. The minimum absolute atomic E-state index is 0.0190. The van der Waals surface area contributed by atoms with Crippen LogP contribution in [0.5, 0.6) is 0 Å². The van der Waals surface area contributed by atoms with Gasteiger partial charge >= 0.3 is 0 Å². The van der Waals surface area contributed by atoms with Gasteiger partial charge in [0.25, 0.3) is 0 Å². The SMILES string of the molecule is Cc1ccccc1CC(=O)N(Cc1ccccc1)C(C)C(=O)NC1CCCCC1. The Morgan fingerprint density at radius 1 is 1.00 bits per heavy atom. The fraction of sp³-hybridized carbons (Fsp3) is 0.440. The lowest BCUT2D eigenvalue weighted by Crippen LogP contribution is -2.50. The molecule has 1 saturated carbocycles. The van der Waals surface area contributed by atoms with Crippen molar-refractivity contribution in [2.45, 2.75) is 71.0 Å². The normalized spacial score (nSPS) is 15.5. The molecule has 29 heavy (non-hydrogen) atoms. The van der Waals surface area contributed by atoms with Gasteiger partial charge in [0.05, 0.1) is 6.42 Å². The van der Waals surface area contributed by atoms with Crippen molar-refractivity contribution in [2.24, 2.45) is 0 Å². The van der Waals surface area contributed by atoms with Crippen molar-refractivity contribution >= 4 is 11.8 Å². The minimum Gasteiger partial charge on any atom is -0.352 e. The smallest absolute Gasteiger partial charge is 0.242 e. The van der Waals surface area contributed by atoms with Gasteiger partial charge in [-0.15, -0.1) is 0 Å². The van der Waals surface area contributed by atoms with Gasteiger partial charge < -0.3 is 10.2 Å². The van der Waals surface area contributed by atoms with E-state index < -0.39 is 6.04 Å². The second-order valence-corrected chi connectivity index (χ2v) is 8.13. The van der Waals surface area contributed by atoms with Crippen molar-refractivity contribution in [1.82, 2.24) is 10.2 Å². The minimum atomic E-state index is -0.506. The molecule has 1 fully saturated rings. The average Bonchev–Trinajstić information content (AvgIpc) is 2.74. The van der Waals surface area contributed by atoms with Crippen molar-refractivity contribution in [2.75, 3.05) is 0 Å². The standard InChI is InChI=1S/C25H32N2O2/c1-19-11-9-10-14-22(19)17-24(28)27(18-21-12-5-3-6-13-21)20(2)25(29)26-23-15-7-4-8-16-23/h3,5-6,9-14,20,23H,4,7-8,15-18H2,1-2H3,(H,26,29). The maximum Gasteiger partial charge on any atom is 0.242 e. The maximum atomic E-state index is 13.3. The summed E-state index contributed by atoms with van der Waals surface area (Å²) in [6.45, 7) is 4.30. The largest absolute Gasteiger partial charge is 0.352 e. The van der Waals surface area contributed by atoms with E-state index in [9.17, 15) is 9.59 Å². The molecule has 2 amide bonds. The zero-order valence-electron chi connectivity index (χ0n) is 17.6. The number of rotatable bonds is 7. The number of aryl methyl sites for hydroxylation is 1. The van der Waals surface area contributed by atoms with Crippen LogP contribution in [0.4, 0.5) is 0 Å². The molecule has 2 aromatic rings. The van der Waals surface area contributed by atoms with E-state index in [1.807, 2.05) is 68.4 Å². The predicted molar refractivity (Wildman–Crippen MR) is 116 cm³/mol. The van der Waals surface area contributed by atoms with Crippen LogP contribution in [-0.2, 0) is 22.6 Å². The average molecular weight is 393 g/mol. The lowest BCUT2D eigenvalue weighted by molar-refractivity contribution is -0.140. The van der Waals surface area contributed by atoms with Crippen LogP contribution in [0.15, 0.2) is 54.6 Å². The zero-order chi connectivity index (χ0) is 20.6. The number of nitrogens with zero attached hydrogens (tertiary/aromatic N) is 1. The second kappa shape index (κ2) is 10.2. The predicted octanol–water partition coefficient (Wildman–Crippen LogP) is 4.40. The molecule has 4 nitrogen and oxygen atoms in total. The van der Waals surface area contributed by atoms with Crippen LogP contribution in [0.1, 0.15) is 55.7 Å². The maximum absolute atomic E-state index is 13.3. The van der Waals surface area contributed by atoms with E-state index in [1.165, 1.54) is 19.3 Å². The van der Waals surface area contributed by atoms with Crippen LogP contribution >= 0.6 is 0 Å². The summed E-state index contributed by atoms with van der Waals surface area (Å²) in [6, 6.07) is 17.6. The highest BCUT2D eigenvalue weighted by Gasteiger charge is 2.28. The highest BCUT2D eigenvalue weighted by Crippen LogP contribution is 2.19. The fourth-order valence-electron chi connectivity index (χ4n) is 4.00. The summed E-state index contributed by atoms with van der Waals surface area (Å²) in [4.78, 5) is 27.9. The molecule has 2 aromatic carbocycles. The molecule has 0 bridgehead atoms. The van der Waals surface area contributed by atoms with E-state index in [1.54, 1.807) is 4.90 Å². The molecule has 1 atom stereocenters. The van der Waals surface area contributed by atoms with Gasteiger partial charge in [0.15, 0.2) is 0 Å². The summed E-state index contributed by atoms with van der Waals surface area (Å²) >= 11 is 0. The highest BCUT2D eigenvalue weighted by molar-refractivity contribution is 5.88. The lowest BCUT2D eigenvalue weighted by atomic mass is 9.95. The molecule has 0 spiro atoms. The summed E-state index contributed by atoms with van der Waals surface area (Å²) in [5.74, 6) is -0.0691. The number of nitrogens with one attached hydrogen (secondary N) is 1. The summed E-state index contributed by atoms with van der Waals surface area (Å²) in [7, 11) is 0. The molecular formula is C25H32N2O2. The van der Waals surface area contributed by atoms with Gasteiger partial charge in [-0.1, -0.05) is 73.9 Å². The van der Waals surface area contributed by atoms with Crippen molar-refractivity contribution in [3.63, 3.8) is 0 Å². The van der Waals surface area contributed by atoms with Crippen LogP contribution in [0.3, 0.4) is 0 Å². The molecule has 1 aliphatic carbocycles. The number of hydrogen-bond donors (Lipinski definition) is 1. The molecule has 0 aromatic heterocycles. The van der Waals surface area contributed by atoms with Crippen molar-refractivity contribution in [3.05, 3.63) is 71.3 Å². The van der Waals surface area contributed by atoms with Crippen molar-refractivity contribution < 1.29 is 9.59 Å². The molecule has 0 heterocycles. The molecule has 0 radical (unpaired) electrons. The van der Waals surface area contributed by atoms with Gasteiger partial charge in [0.1, 0.15) is 6.04 Å². The van der Waals surface area contributed by atoms with E-state index >= 15 is 0 Å². The van der Waals surface area contributed by atoms with Gasteiger partial charge in [-0.3, -0.25) is 9.59 Å². The third-order valence-corrected chi connectivity index (χ3v) is 5.92. The molecule has 3 rings (SSSR count). The molecule has 1 N–H and O–H groups in total. The van der Waals surface area contributed by atoms with Gasteiger partial charge in [-0.25, -0.2) is 0 Å². The molecule has 0 aliphatic heterocycles. The summed E-state index contributed by atoms with van der Waals surface area (Å²) in [6.07, 6.45) is 5.96. The van der Waals surface area contributed by atoms with Crippen LogP contribution in [-0.4, -0.2) is 28.8 Å². The monoisotopic (exact) mass is 392 g/mol. The number of amides is 2. The van der Waals surface area contributed by atoms with Gasteiger partial charge in [-0.2, -0.15) is 0 Å². The molecule has 4 heteroatoms. The Morgan fingerprint density at radius 2 is 1.66 bits per heavy atom. The molecule has 154 valence electrons. The molecule has 1 aliphatic rings. The number of hydrogen-bond acceptors (Lipinski definition) is 2. The first-order valence-electron chi connectivity index (χ1n) is 10.7. The van der Waals surface area contributed by atoms with E-state index in [0.29, 0.717) is 13.0 Å². The summed E-state index contributed by atoms with van der Waals surface area (Å²) in [5.41, 5.74) is 3.14. The van der Waals surface area contributed by atoms with E-state index in [2.05, 4.69) is 5.32 Å². The Kier molecular flexibility index (Phi) is 7.45. The van der Waals surface area contributed by atoms with E-state index in [-0.39, 0.29) is 17.9 Å². The molecular weight excluding hydrogens is 360 g/mol. The molecule has 0 saturated heterocycles. The zero-order valence-corrected chi connectivity index (χ0v) is 17.6. The first-order chi connectivity index (χ1) is 14.0. The van der Waals surface area contributed by atoms with E-state index in [0.717, 1.165) is 29.5 Å². The summed E-state index contributed by atoms with van der Waals surface area (Å²) < 4.78 is 0. The topological polar surface area (TPSA) is 49.4 Å². The second-order valence-electron chi connectivity index (χ2n) is 8.13. The summed E-state index contributed by atoms with van der Waals surface area (Å²) in [5, 5.41) is 3.18. The van der Waals surface area contributed by atoms with Crippen LogP contribution in [0.25, 0.3) is 0 Å². The third kappa shape index (κ3) is 5.93.